The van der Waals surface area contributed by atoms with E-state index >= 15 is 0 Å². The second-order valence-corrected chi connectivity index (χ2v) is 6.98. The maximum Gasteiger partial charge on any atom is 0.266 e. The van der Waals surface area contributed by atoms with Gasteiger partial charge in [0, 0.05) is 12.6 Å². The van der Waals surface area contributed by atoms with Crippen molar-refractivity contribution in [2.45, 2.75) is 26.3 Å². The molecule has 0 spiro atoms. The van der Waals surface area contributed by atoms with E-state index in [0.717, 1.165) is 6.07 Å². The molecular formula is C18H16BrF3N4O. The van der Waals surface area contributed by atoms with Gasteiger partial charge in [0.15, 0.2) is 0 Å². The van der Waals surface area contributed by atoms with Crippen LogP contribution in [0.3, 0.4) is 0 Å². The number of nitrogens with one attached hydrogen (secondary N) is 1. The zero-order valence-corrected chi connectivity index (χ0v) is 16.3. The molecule has 1 N–H and O–H groups in total. The van der Waals surface area contributed by atoms with Crippen molar-refractivity contribution in [3.8, 4) is 0 Å². The lowest BCUT2D eigenvalue weighted by Gasteiger charge is -2.19. The highest BCUT2D eigenvalue weighted by Crippen LogP contribution is 2.30. The first-order valence-electron chi connectivity index (χ1n) is 8.07. The molecule has 0 radical (unpaired) electrons. The maximum atomic E-state index is 14.4. The monoisotopic (exact) mass is 440 g/mol. The minimum absolute atomic E-state index is 0.0982. The lowest BCUT2D eigenvalue weighted by Crippen LogP contribution is -2.20. The number of alkyl halides is 2. The van der Waals surface area contributed by atoms with Crippen LogP contribution in [0.2, 0.25) is 0 Å². The Bertz CT molecular complexity index is 1080. The fraction of sp³-hybridized carbons (Fsp3) is 0.278. The van der Waals surface area contributed by atoms with Gasteiger partial charge in [0.2, 0.25) is 0 Å². The highest BCUT2D eigenvalue weighted by Gasteiger charge is 2.21. The Morgan fingerprint density at radius 2 is 1.89 bits per heavy atom. The highest BCUT2D eigenvalue weighted by atomic mass is 79.9. The molecule has 0 bridgehead atoms. The van der Waals surface area contributed by atoms with Gasteiger partial charge in [-0.1, -0.05) is 18.2 Å². The molecule has 0 aliphatic rings. The lowest BCUT2D eigenvalue weighted by molar-refractivity contribution is 0.146. The van der Waals surface area contributed by atoms with Gasteiger partial charge in [0.1, 0.15) is 23.1 Å². The summed E-state index contributed by atoms with van der Waals surface area (Å²) >= 11 is 3.21. The average Bonchev–Trinajstić information content (AvgIpc) is 2.60. The van der Waals surface area contributed by atoms with E-state index in [1.807, 2.05) is 0 Å². The third-order valence-corrected chi connectivity index (χ3v) is 4.82. The standard InChI is InChI=1S/C18H16BrF3N4O/c1-8(10-5-4-6-11(14(10)20)15(21)22)23-16-12-7-13(19)18(27)26(3)17(12)25-9(2)24-16/h4-8,15H,1-3H3,(H,23,24,25)/t8-/m1/s1. The van der Waals surface area contributed by atoms with Crippen molar-refractivity contribution in [3.05, 3.63) is 61.9 Å². The van der Waals surface area contributed by atoms with E-state index in [0.29, 0.717) is 27.1 Å². The Kier molecular flexibility index (Phi) is 5.23. The van der Waals surface area contributed by atoms with Crippen molar-refractivity contribution >= 4 is 32.8 Å². The van der Waals surface area contributed by atoms with Gasteiger partial charge in [-0.3, -0.25) is 9.36 Å². The van der Waals surface area contributed by atoms with E-state index in [1.54, 1.807) is 27.0 Å². The summed E-state index contributed by atoms with van der Waals surface area (Å²) in [5.41, 5.74) is -0.390. The lowest BCUT2D eigenvalue weighted by atomic mass is 10.0. The number of aryl methyl sites for hydroxylation is 2. The summed E-state index contributed by atoms with van der Waals surface area (Å²) in [6, 6.07) is 4.84. The molecule has 9 heteroatoms. The summed E-state index contributed by atoms with van der Waals surface area (Å²) in [5, 5.41) is 3.60. The van der Waals surface area contributed by atoms with Gasteiger partial charge in [0.25, 0.3) is 12.0 Å². The summed E-state index contributed by atoms with van der Waals surface area (Å²) in [7, 11) is 1.58. The molecule has 2 heterocycles. The molecule has 142 valence electrons. The Hall–Kier alpha value is -2.42. The molecule has 3 rings (SSSR count). The van der Waals surface area contributed by atoms with Crippen molar-refractivity contribution in [2.24, 2.45) is 7.05 Å². The van der Waals surface area contributed by atoms with Crippen LogP contribution >= 0.6 is 15.9 Å². The fourth-order valence-corrected chi connectivity index (χ4v) is 3.36. The topological polar surface area (TPSA) is 59.8 Å². The van der Waals surface area contributed by atoms with E-state index in [-0.39, 0.29) is 11.1 Å². The van der Waals surface area contributed by atoms with Crippen molar-refractivity contribution in [1.82, 2.24) is 14.5 Å². The maximum absolute atomic E-state index is 14.4. The number of pyridine rings is 1. The predicted molar refractivity (Wildman–Crippen MR) is 101 cm³/mol. The molecule has 0 saturated carbocycles. The number of benzene rings is 1. The summed E-state index contributed by atoms with van der Waals surface area (Å²) in [4.78, 5) is 20.7. The predicted octanol–water partition coefficient (Wildman–Crippen LogP) is 4.65. The summed E-state index contributed by atoms with van der Waals surface area (Å²) in [6.45, 7) is 3.31. The van der Waals surface area contributed by atoms with E-state index < -0.39 is 23.8 Å². The first-order valence-corrected chi connectivity index (χ1v) is 8.87. The molecule has 0 aliphatic carbocycles. The van der Waals surface area contributed by atoms with Gasteiger partial charge >= 0.3 is 0 Å². The van der Waals surface area contributed by atoms with Crippen LogP contribution in [0.25, 0.3) is 11.0 Å². The van der Waals surface area contributed by atoms with Gasteiger partial charge in [-0.15, -0.1) is 0 Å². The van der Waals surface area contributed by atoms with Crippen molar-refractivity contribution < 1.29 is 13.2 Å². The van der Waals surface area contributed by atoms with Crippen LogP contribution in [0.4, 0.5) is 19.0 Å². The van der Waals surface area contributed by atoms with Gasteiger partial charge < -0.3 is 5.32 Å². The Balaban J connectivity index is 2.10. The molecule has 3 aromatic rings. The van der Waals surface area contributed by atoms with E-state index in [9.17, 15) is 18.0 Å². The minimum Gasteiger partial charge on any atom is -0.363 e. The molecule has 2 aromatic heterocycles. The second-order valence-electron chi connectivity index (χ2n) is 6.13. The molecule has 1 aromatic carbocycles. The van der Waals surface area contributed by atoms with Crippen LogP contribution in [-0.2, 0) is 7.05 Å². The third kappa shape index (κ3) is 3.55. The van der Waals surface area contributed by atoms with Crippen LogP contribution in [-0.4, -0.2) is 14.5 Å². The quantitative estimate of drug-likeness (QED) is 0.641. The number of hydrogen-bond acceptors (Lipinski definition) is 4. The van der Waals surface area contributed by atoms with Gasteiger partial charge in [-0.05, 0) is 35.8 Å². The van der Waals surface area contributed by atoms with Crippen molar-refractivity contribution in [3.63, 3.8) is 0 Å². The van der Waals surface area contributed by atoms with Crippen LogP contribution < -0.4 is 10.9 Å². The minimum atomic E-state index is -2.90. The molecule has 5 nitrogen and oxygen atoms in total. The van der Waals surface area contributed by atoms with Crippen molar-refractivity contribution in [2.75, 3.05) is 5.32 Å². The number of anilines is 1. The van der Waals surface area contributed by atoms with Crippen molar-refractivity contribution in [1.29, 1.82) is 0 Å². The van der Waals surface area contributed by atoms with Gasteiger partial charge in [-0.25, -0.2) is 23.1 Å². The molecule has 0 unspecified atom stereocenters. The first-order chi connectivity index (χ1) is 12.7. The zero-order valence-electron chi connectivity index (χ0n) is 14.7. The highest BCUT2D eigenvalue weighted by molar-refractivity contribution is 9.10. The SMILES string of the molecule is Cc1nc(N[C@H](C)c2cccc(C(F)F)c2F)c2cc(Br)c(=O)n(C)c2n1. The number of fused-ring (bicyclic) bond motifs is 1. The van der Waals surface area contributed by atoms with Gasteiger partial charge in [0.05, 0.1) is 21.5 Å². The largest absolute Gasteiger partial charge is 0.363 e. The fourth-order valence-electron chi connectivity index (χ4n) is 2.86. The average molecular weight is 441 g/mol. The first kappa shape index (κ1) is 19.3. The normalized spacial score (nSPS) is 12.6. The summed E-state index contributed by atoms with van der Waals surface area (Å²) in [5.74, 6) is -0.157. The molecule has 0 fully saturated rings. The second kappa shape index (κ2) is 7.30. The summed E-state index contributed by atoms with van der Waals surface area (Å²) < 4.78 is 42.1. The number of hydrogen-bond donors (Lipinski definition) is 1. The van der Waals surface area contributed by atoms with Crippen LogP contribution in [0.1, 0.15) is 36.3 Å². The molecule has 0 aliphatic heterocycles. The number of nitrogens with zero attached hydrogens (tertiary/aromatic N) is 3. The van der Waals surface area contributed by atoms with E-state index in [4.69, 9.17) is 0 Å². The van der Waals surface area contributed by atoms with Crippen LogP contribution in [0.5, 0.6) is 0 Å². The number of aromatic nitrogens is 3. The van der Waals surface area contributed by atoms with Crippen LogP contribution in [0, 0.1) is 12.7 Å². The molecule has 27 heavy (non-hydrogen) atoms. The summed E-state index contributed by atoms with van der Waals surface area (Å²) in [6.07, 6.45) is -2.90. The number of rotatable bonds is 4. The Morgan fingerprint density at radius 1 is 1.22 bits per heavy atom. The van der Waals surface area contributed by atoms with Gasteiger partial charge in [-0.2, -0.15) is 0 Å². The molecule has 0 saturated heterocycles. The van der Waals surface area contributed by atoms with E-state index in [2.05, 4.69) is 31.2 Å². The Labute approximate surface area is 161 Å². The Morgan fingerprint density at radius 3 is 2.56 bits per heavy atom. The molecular weight excluding hydrogens is 425 g/mol. The zero-order chi connectivity index (χ0) is 19.9. The van der Waals surface area contributed by atoms with Crippen LogP contribution in [0.15, 0.2) is 33.5 Å². The molecule has 1 atom stereocenters. The third-order valence-electron chi connectivity index (χ3n) is 4.25. The molecule has 0 amide bonds. The van der Waals surface area contributed by atoms with E-state index in [1.165, 1.54) is 16.7 Å². The smallest absolute Gasteiger partial charge is 0.266 e. The number of halogens is 4.